The lowest BCUT2D eigenvalue weighted by Gasteiger charge is -2.17. The molecule has 0 aromatic carbocycles. The van der Waals surface area contributed by atoms with E-state index in [1.807, 2.05) is 13.8 Å². The lowest BCUT2D eigenvalue weighted by Crippen LogP contribution is -2.38. The number of aromatic nitrogens is 2. The third-order valence-electron chi connectivity index (χ3n) is 2.91. The van der Waals surface area contributed by atoms with Gasteiger partial charge in [0.05, 0.1) is 18.9 Å². The summed E-state index contributed by atoms with van der Waals surface area (Å²) in [6.45, 7) is 4.00. The summed E-state index contributed by atoms with van der Waals surface area (Å²) in [6.07, 6.45) is 2.28. The molecule has 0 spiro atoms. The van der Waals surface area contributed by atoms with Crippen LogP contribution in [0.5, 0.6) is 0 Å². The monoisotopic (exact) mass is 277 g/mol. The quantitative estimate of drug-likeness (QED) is 0.751. The SMILES string of the molecule is CC(C)CC(CO)NC(=O)c1cc(-c2ccco2)[nH]n1. The molecule has 2 heterocycles. The van der Waals surface area contributed by atoms with Crippen LogP contribution in [0.2, 0.25) is 0 Å². The number of carbonyl (C=O) groups is 1. The first kappa shape index (κ1) is 14.3. The molecule has 20 heavy (non-hydrogen) atoms. The van der Waals surface area contributed by atoms with E-state index in [2.05, 4.69) is 15.5 Å². The Balaban J connectivity index is 2.02. The van der Waals surface area contributed by atoms with Gasteiger partial charge in [-0.15, -0.1) is 0 Å². The van der Waals surface area contributed by atoms with Crippen LogP contribution in [0.4, 0.5) is 0 Å². The number of rotatable bonds is 6. The first-order valence-corrected chi connectivity index (χ1v) is 6.61. The van der Waals surface area contributed by atoms with E-state index in [4.69, 9.17) is 4.42 Å². The minimum absolute atomic E-state index is 0.0839. The molecule has 1 unspecified atom stereocenters. The number of nitrogens with zero attached hydrogens (tertiary/aromatic N) is 1. The molecule has 2 rings (SSSR count). The zero-order chi connectivity index (χ0) is 14.5. The highest BCUT2D eigenvalue weighted by Crippen LogP contribution is 2.17. The van der Waals surface area contributed by atoms with Gasteiger partial charge in [-0.3, -0.25) is 9.89 Å². The predicted octanol–water partition coefficient (Wildman–Crippen LogP) is 1.81. The van der Waals surface area contributed by atoms with Crippen LogP contribution in [0, 0.1) is 5.92 Å². The lowest BCUT2D eigenvalue weighted by atomic mass is 10.0. The first-order valence-electron chi connectivity index (χ1n) is 6.61. The number of H-pyrrole nitrogens is 1. The molecule has 2 aromatic heterocycles. The normalized spacial score (nSPS) is 12.6. The van der Waals surface area contributed by atoms with Crippen molar-refractivity contribution in [2.24, 2.45) is 5.92 Å². The van der Waals surface area contributed by atoms with Crippen molar-refractivity contribution in [3.8, 4) is 11.5 Å². The van der Waals surface area contributed by atoms with Crippen molar-refractivity contribution in [3.63, 3.8) is 0 Å². The van der Waals surface area contributed by atoms with Gasteiger partial charge >= 0.3 is 0 Å². The van der Waals surface area contributed by atoms with E-state index in [-0.39, 0.29) is 24.2 Å². The van der Waals surface area contributed by atoms with Crippen molar-refractivity contribution >= 4 is 5.91 Å². The highest BCUT2D eigenvalue weighted by atomic mass is 16.3. The third kappa shape index (κ3) is 3.48. The molecule has 108 valence electrons. The van der Waals surface area contributed by atoms with Gasteiger partial charge in [0.2, 0.25) is 0 Å². The maximum Gasteiger partial charge on any atom is 0.272 e. The van der Waals surface area contributed by atoms with Crippen LogP contribution in [-0.2, 0) is 0 Å². The number of amides is 1. The molecule has 0 aliphatic rings. The van der Waals surface area contributed by atoms with Gasteiger partial charge in [-0.1, -0.05) is 13.8 Å². The van der Waals surface area contributed by atoms with Gasteiger partial charge < -0.3 is 14.8 Å². The van der Waals surface area contributed by atoms with E-state index < -0.39 is 0 Å². The van der Waals surface area contributed by atoms with Crippen molar-refractivity contribution in [1.82, 2.24) is 15.5 Å². The molecular formula is C14H19N3O3. The topological polar surface area (TPSA) is 91.1 Å². The molecule has 0 aliphatic heterocycles. The molecule has 0 saturated heterocycles. The average molecular weight is 277 g/mol. The van der Waals surface area contributed by atoms with Crippen LogP contribution in [-0.4, -0.2) is 33.9 Å². The minimum atomic E-state index is -0.307. The van der Waals surface area contributed by atoms with Gasteiger partial charge in [-0.05, 0) is 24.5 Å². The number of hydrogen-bond donors (Lipinski definition) is 3. The summed E-state index contributed by atoms with van der Waals surface area (Å²) in [5.74, 6) is 0.710. The van der Waals surface area contributed by atoms with Crippen LogP contribution in [0.3, 0.4) is 0 Å². The van der Waals surface area contributed by atoms with E-state index in [1.54, 1.807) is 24.5 Å². The summed E-state index contributed by atoms with van der Waals surface area (Å²) < 4.78 is 5.22. The fourth-order valence-electron chi connectivity index (χ4n) is 2.00. The van der Waals surface area contributed by atoms with Gasteiger partial charge in [0.1, 0.15) is 5.69 Å². The number of aliphatic hydroxyl groups excluding tert-OH is 1. The Labute approximate surface area is 117 Å². The van der Waals surface area contributed by atoms with Crippen LogP contribution in [0.25, 0.3) is 11.5 Å². The summed E-state index contributed by atoms with van der Waals surface area (Å²) in [5, 5.41) is 18.8. The molecule has 0 saturated carbocycles. The number of furan rings is 1. The fraction of sp³-hybridized carbons (Fsp3) is 0.429. The zero-order valence-electron chi connectivity index (χ0n) is 11.6. The fourth-order valence-corrected chi connectivity index (χ4v) is 2.00. The predicted molar refractivity (Wildman–Crippen MR) is 74.1 cm³/mol. The smallest absolute Gasteiger partial charge is 0.272 e. The summed E-state index contributed by atoms with van der Waals surface area (Å²) >= 11 is 0. The largest absolute Gasteiger partial charge is 0.463 e. The molecule has 1 atom stereocenters. The van der Waals surface area contributed by atoms with E-state index >= 15 is 0 Å². The zero-order valence-corrected chi connectivity index (χ0v) is 11.6. The number of aromatic amines is 1. The van der Waals surface area contributed by atoms with Crippen LogP contribution < -0.4 is 5.32 Å². The molecule has 0 aliphatic carbocycles. The molecule has 1 amide bonds. The Bertz CT molecular complexity index is 546. The highest BCUT2D eigenvalue weighted by molar-refractivity contribution is 5.93. The van der Waals surface area contributed by atoms with Gasteiger partial charge in [0.15, 0.2) is 11.5 Å². The van der Waals surface area contributed by atoms with Crippen molar-refractivity contribution < 1.29 is 14.3 Å². The molecule has 2 aromatic rings. The molecule has 6 nitrogen and oxygen atoms in total. The summed E-state index contributed by atoms with van der Waals surface area (Å²) in [4.78, 5) is 12.0. The maximum atomic E-state index is 12.0. The van der Waals surface area contributed by atoms with Crippen molar-refractivity contribution in [3.05, 3.63) is 30.2 Å². The first-order chi connectivity index (χ1) is 9.60. The number of carbonyl (C=O) groups excluding carboxylic acids is 1. The molecule has 6 heteroatoms. The molecule has 0 fully saturated rings. The summed E-state index contributed by atoms with van der Waals surface area (Å²) in [7, 11) is 0. The second-order valence-corrected chi connectivity index (χ2v) is 5.13. The second-order valence-electron chi connectivity index (χ2n) is 5.13. The van der Waals surface area contributed by atoms with Crippen LogP contribution in [0.15, 0.2) is 28.9 Å². The van der Waals surface area contributed by atoms with Crippen molar-refractivity contribution in [2.75, 3.05) is 6.61 Å². The second kappa shape index (κ2) is 6.38. The van der Waals surface area contributed by atoms with E-state index in [0.717, 1.165) is 6.42 Å². The Hall–Kier alpha value is -2.08. The Morgan fingerprint density at radius 2 is 2.35 bits per heavy atom. The van der Waals surface area contributed by atoms with Crippen LogP contribution >= 0.6 is 0 Å². The lowest BCUT2D eigenvalue weighted by molar-refractivity contribution is 0.0903. The van der Waals surface area contributed by atoms with E-state index in [1.165, 1.54) is 0 Å². The Morgan fingerprint density at radius 1 is 1.55 bits per heavy atom. The van der Waals surface area contributed by atoms with Crippen LogP contribution in [0.1, 0.15) is 30.8 Å². The van der Waals surface area contributed by atoms with Gasteiger partial charge in [-0.2, -0.15) is 5.10 Å². The number of hydrogen-bond acceptors (Lipinski definition) is 4. The van der Waals surface area contributed by atoms with Crippen molar-refractivity contribution in [2.45, 2.75) is 26.3 Å². The third-order valence-corrected chi connectivity index (χ3v) is 2.91. The maximum absolute atomic E-state index is 12.0. The Morgan fingerprint density at radius 3 is 2.95 bits per heavy atom. The van der Waals surface area contributed by atoms with Gasteiger partial charge in [-0.25, -0.2) is 0 Å². The molecular weight excluding hydrogens is 258 g/mol. The standard InChI is InChI=1S/C14H19N3O3/c1-9(2)6-10(8-18)15-14(19)12-7-11(16-17-12)13-4-3-5-20-13/h3-5,7,9-10,18H,6,8H2,1-2H3,(H,15,19)(H,16,17). The Kier molecular flexibility index (Phi) is 4.57. The average Bonchev–Trinajstić information content (AvgIpc) is 3.07. The molecule has 3 N–H and O–H groups in total. The summed E-state index contributed by atoms with van der Waals surface area (Å²) in [5.41, 5.74) is 0.920. The van der Waals surface area contributed by atoms with E-state index in [0.29, 0.717) is 17.4 Å². The number of aliphatic hydroxyl groups is 1. The van der Waals surface area contributed by atoms with Gasteiger partial charge in [0.25, 0.3) is 5.91 Å². The van der Waals surface area contributed by atoms with E-state index in [9.17, 15) is 9.90 Å². The minimum Gasteiger partial charge on any atom is -0.463 e. The molecule has 0 radical (unpaired) electrons. The van der Waals surface area contributed by atoms with Crippen molar-refractivity contribution in [1.29, 1.82) is 0 Å². The highest BCUT2D eigenvalue weighted by Gasteiger charge is 2.17. The number of nitrogens with one attached hydrogen (secondary N) is 2. The summed E-state index contributed by atoms with van der Waals surface area (Å²) in [6, 6.07) is 4.91. The molecule has 0 bridgehead atoms. The van der Waals surface area contributed by atoms with Gasteiger partial charge in [0, 0.05) is 6.07 Å².